The van der Waals surface area contributed by atoms with E-state index in [4.69, 9.17) is 0 Å². The Bertz CT molecular complexity index is 567. The van der Waals surface area contributed by atoms with E-state index in [0.717, 1.165) is 37.5 Å². The first-order valence-electron chi connectivity index (χ1n) is 8.68. The van der Waals surface area contributed by atoms with Crippen LogP contribution in [0.5, 0.6) is 0 Å². The highest BCUT2D eigenvalue weighted by atomic mass is 16.2. The standard InChI is InChI=1S/C19H29N3O2/c1-14-9-11-22(12-10-14)13-17(23)20-16-7-5-15(6-8-16)18(24)21-19(2,3)4/h5-8,14H,9-13H2,1-4H3,(H,20,23)(H,21,24). The number of carbonyl (C=O) groups is 2. The van der Waals surface area contributed by atoms with Crippen molar-refractivity contribution in [3.05, 3.63) is 29.8 Å². The van der Waals surface area contributed by atoms with E-state index in [1.54, 1.807) is 24.3 Å². The average molecular weight is 331 g/mol. The molecule has 2 N–H and O–H groups in total. The van der Waals surface area contributed by atoms with E-state index in [9.17, 15) is 9.59 Å². The quantitative estimate of drug-likeness (QED) is 0.892. The molecule has 0 saturated carbocycles. The third kappa shape index (κ3) is 5.96. The number of benzene rings is 1. The van der Waals surface area contributed by atoms with Crippen LogP contribution in [0.15, 0.2) is 24.3 Å². The molecule has 0 aliphatic carbocycles. The fourth-order valence-electron chi connectivity index (χ4n) is 2.74. The second-order valence-electron chi connectivity index (χ2n) is 7.79. The molecule has 2 rings (SSSR count). The second-order valence-corrected chi connectivity index (χ2v) is 7.79. The van der Waals surface area contributed by atoms with Crippen molar-refractivity contribution in [2.24, 2.45) is 5.92 Å². The van der Waals surface area contributed by atoms with Gasteiger partial charge in [0.1, 0.15) is 0 Å². The predicted molar refractivity (Wildman–Crippen MR) is 97.1 cm³/mol. The van der Waals surface area contributed by atoms with Crippen LogP contribution in [0.4, 0.5) is 5.69 Å². The molecule has 0 radical (unpaired) electrons. The van der Waals surface area contributed by atoms with E-state index in [2.05, 4.69) is 22.5 Å². The van der Waals surface area contributed by atoms with E-state index < -0.39 is 0 Å². The minimum Gasteiger partial charge on any atom is -0.347 e. The molecule has 0 bridgehead atoms. The molecular formula is C19H29N3O2. The van der Waals surface area contributed by atoms with Gasteiger partial charge in [0.2, 0.25) is 5.91 Å². The summed E-state index contributed by atoms with van der Waals surface area (Å²) in [4.78, 5) is 26.4. The summed E-state index contributed by atoms with van der Waals surface area (Å²) in [5.41, 5.74) is 1.04. The largest absolute Gasteiger partial charge is 0.347 e. The molecule has 1 aliphatic rings. The van der Waals surface area contributed by atoms with Gasteiger partial charge in [0, 0.05) is 16.8 Å². The summed E-state index contributed by atoms with van der Waals surface area (Å²) in [6.45, 7) is 10.5. The minimum absolute atomic E-state index is 0.00329. The lowest BCUT2D eigenvalue weighted by Gasteiger charge is -2.29. The average Bonchev–Trinajstić information content (AvgIpc) is 2.48. The summed E-state index contributed by atoms with van der Waals surface area (Å²) in [6.07, 6.45) is 2.32. The Morgan fingerprint density at radius 1 is 1.12 bits per heavy atom. The van der Waals surface area contributed by atoms with Crippen molar-refractivity contribution < 1.29 is 9.59 Å². The lowest BCUT2D eigenvalue weighted by molar-refractivity contribution is -0.117. The fraction of sp³-hybridized carbons (Fsp3) is 0.579. The number of carbonyl (C=O) groups excluding carboxylic acids is 2. The maximum atomic E-state index is 12.1. The molecule has 1 aromatic rings. The number of piperidine rings is 1. The Kier molecular flexibility index (Phi) is 5.99. The summed E-state index contributed by atoms with van der Waals surface area (Å²) in [7, 11) is 0. The van der Waals surface area contributed by atoms with Gasteiger partial charge in [0.05, 0.1) is 6.54 Å². The fourth-order valence-corrected chi connectivity index (χ4v) is 2.74. The van der Waals surface area contributed by atoms with E-state index >= 15 is 0 Å². The van der Waals surface area contributed by atoms with Crippen molar-refractivity contribution in [2.45, 2.75) is 46.1 Å². The molecule has 2 amide bonds. The van der Waals surface area contributed by atoms with Crippen molar-refractivity contribution in [2.75, 3.05) is 25.0 Å². The molecule has 5 nitrogen and oxygen atoms in total. The van der Waals surface area contributed by atoms with Crippen molar-refractivity contribution in [1.82, 2.24) is 10.2 Å². The number of hydrogen-bond acceptors (Lipinski definition) is 3. The lowest BCUT2D eigenvalue weighted by atomic mass is 9.99. The maximum Gasteiger partial charge on any atom is 0.251 e. The van der Waals surface area contributed by atoms with Gasteiger partial charge in [-0.1, -0.05) is 6.92 Å². The summed E-state index contributed by atoms with van der Waals surface area (Å²) in [5.74, 6) is 0.648. The molecule has 1 aliphatic heterocycles. The number of amides is 2. The first-order chi connectivity index (χ1) is 11.2. The van der Waals surface area contributed by atoms with Gasteiger partial charge in [0.25, 0.3) is 5.91 Å². The van der Waals surface area contributed by atoms with Gasteiger partial charge in [-0.3, -0.25) is 14.5 Å². The van der Waals surface area contributed by atoms with Crippen LogP contribution in [-0.4, -0.2) is 41.9 Å². The molecule has 1 aromatic carbocycles. The number of nitrogens with one attached hydrogen (secondary N) is 2. The Morgan fingerprint density at radius 3 is 2.25 bits per heavy atom. The summed E-state index contributed by atoms with van der Waals surface area (Å²) in [5, 5.41) is 5.82. The molecule has 0 atom stereocenters. The Labute approximate surface area is 144 Å². The van der Waals surface area contributed by atoms with E-state index in [0.29, 0.717) is 12.1 Å². The van der Waals surface area contributed by atoms with Crippen LogP contribution in [-0.2, 0) is 4.79 Å². The van der Waals surface area contributed by atoms with Crippen molar-refractivity contribution in [1.29, 1.82) is 0 Å². The van der Waals surface area contributed by atoms with Crippen LogP contribution in [0.25, 0.3) is 0 Å². The molecule has 0 unspecified atom stereocenters. The maximum absolute atomic E-state index is 12.1. The molecule has 5 heteroatoms. The van der Waals surface area contributed by atoms with Crippen molar-refractivity contribution >= 4 is 17.5 Å². The zero-order valence-corrected chi connectivity index (χ0v) is 15.2. The Morgan fingerprint density at radius 2 is 1.71 bits per heavy atom. The summed E-state index contributed by atoms with van der Waals surface area (Å²) >= 11 is 0. The summed E-state index contributed by atoms with van der Waals surface area (Å²) < 4.78 is 0. The highest BCUT2D eigenvalue weighted by Gasteiger charge is 2.18. The van der Waals surface area contributed by atoms with Crippen LogP contribution in [0.3, 0.4) is 0 Å². The molecule has 132 valence electrons. The zero-order chi connectivity index (χ0) is 17.7. The third-order valence-corrected chi connectivity index (χ3v) is 4.16. The summed E-state index contributed by atoms with van der Waals surface area (Å²) in [6, 6.07) is 7.01. The van der Waals surface area contributed by atoms with Gasteiger partial charge < -0.3 is 10.6 Å². The van der Waals surface area contributed by atoms with Crippen LogP contribution < -0.4 is 10.6 Å². The second kappa shape index (κ2) is 7.79. The predicted octanol–water partition coefficient (Wildman–Crippen LogP) is 2.89. The number of nitrogens with zero attached hydrogens (tertiary/aromatic N) is 1. The van der Waals surface area contributed by atoms with Gasteiger partial charge >= 0.3 is 0 Å². The topological polar surface area (TPSA) is 61.4 Å². The highest BCUT2D eigenvalue weighted by molar-refractivity contribution is 5.96. The first-order valence-corrected chi connectivity index (χ1v) is 8.68. The normalized spacial score (nSPS) is 16.7. The van der Waals surface area contributed by atoms with Crippen LogP contribution in [0, 0.1) is 5.92 Å². The number of hydrogen-bond donors (Lipinski definition) is 2. The minimum atomic E-state index is -0.268. The van der Waals surface area contributed by atoms with Gasteiger partial charge in [-0.25, -0.2) is 0 Å². The molecule has 0 aromatic heterocycles. The van der Waals surface area contributed by atoms with Crippen LogP contribution >= 0.6 is 0 Å². The number of rotatable bonds is 4. The van der Waals surface area contributed by atoms with Crippen LogP contribution in [0.2, 0.25) is 0 Å². The molecular weight excluding hydrogens is 302 g/mol. The lowest BCUT2D eigenvalue weighted by Crippen LogP contribution is -2.40. The Hall–Kier alpha value is -1.88. The molecule has 1 fully saturated rings. The SMILES string of the molecule is CC1CCN(CC(=O)Nc2ccc(C(=O)NC(C)(C)C)cc2)CC1. The highest BCUT2D eigenvalue weighted by Crippen LogP contribution is 2.16. The van der Waals surface area contributed by atoms with Gasteiger partial charge in [-0.05, 0) is 76.9 Å². The number of likely N-dealkylation sites (tertiary alicyclic amines) is 1. The van der Waals surface area contributed by atoms with Gasteiger partial charge in [-0.2, -0.15) is 0 Å². The molecule has 0 spiro atoms. The zero-order valence-electron chi connectivity index (χ0n) is 15.2. The van der Waals surface area contributed by atoms with Crippen molar-refractivity contribution in [3.8, 4) is 0 Å². The molecule has 24 heavy (non-hydrogen) atoms. The van der Waals surface area contributed by atoms with E-state index in [1.165, 1.54) is 0 Å². The van der Waals surface area contributed by atoms with Gasteiger partial charge in [0.15, 0.2) is 0 Å². The Balaban J connectivity index is 1.85. The smallest absolute Gasteiger partial charge is 0.251 e. The van der Waals surface area contributed by atoms with Gasteiger partial charge in [-0.15, -0.1) is 0 Å². The number of anilines is 1. The monoisotopic (exact) mass is 331 g/mol. The molecule has 1 heterocycles. The molecule has 1 saturated heterocycles. The van der Waals surface area contributed by atoms with Crippen molar-refractivity contribution in [3.63, 3.8) is 0 Å². The van der Waals surface area contributed by atoms with E-state index in [1.807, 2.05) is 20.8 Å². The van der Waals surface area contributed by atoms with Crippen LogP contribution in [0.1, 0.15) is 50.9 Å². The van der Waals surface area contributed by atoms with E-state index in [-0.39, 0.29) is 17.4 Å². The first kappa shape index (κ1) is 18.5. The third-order valence-electron chi connectivity index (χ3n) is 4.16.